The highest BCUT2D eigenvalue weighted by Gasteiger charge is 2.21. The minimum Gasteiger partial charge on any atom is -0.756 e. The zero-order valence-corrected chi connectivity index (χ0v) is 39.8. The summed E-state index contributed by atoms with van der Waals surface area (Å²) in [4.78, 5) is 37.6. The fraction of sp³-hybridized carbons (Fsp3) is 0.720. The molecule has 10 heteroatoms. The second-order valence-corrected chi connectivity index (χ2v) is 18.2. The lowest BCUT2D eigenvalue weighted by Gasteiger charge is -2.28. The highest BCUT2D eigenvalue weighted by molar-refractivity contribution is 7.45. The van der Waals surface area contributed by atoms with Gasteiger partial charge in [-0.15, -0.1) is 0 Å². The smallest absolute Gasteiger partial charge is 0.306 e. The normalized spacial score (nSPS) is 14.2. The van der Waals surface area contributed by atoms with Crippen LogP contribution in [0.15, 0.2) is 72.9 Å². The predicted molar refractivity (Wildman–Crippen MR) is 249 cm³/mol. The topological polar surface area (TPSA) is 111 Å². The molecule has 0 aromatic rings. The average Bonchev–Trinajstić information content (AvgIpc) is 3.20. The fourth-order valence-corrected chi connectivity index (χ4v) is 6.70. The van der Waals surface area contributed by atoms with Crippen LogP contribution in [0.5, 0.6) is 0 Å². The molecule has 9 nitrogen and oxygen atoms in total. The third-order valence-corrected chi connectivity index (χ3v) is 10.7. The zero-order chi connectivity index (χ0) is 44.3. The number of hydrogen-bond donors (Lipinski definition) is 0. The van der Waals surface area contributed by atoms with E-state index in [1.54, 1.807) is 0 Å². The van der Waals surface area contributed by atoms with Crippen molar-refractivity contribution in [2.24, 2.45) is 0 Å². The fourth-order valence-electron chi connectivity index (χ4n) is 5.97. The predicted octanol–water partition coefficient (Wildman–Crippen LogP) is 13.2. The van der Waals surface area contributed by atoms with E-state index < -0.39 is 32.5 Å². The molecule has 2 atom stereocenters. The highest BCUT2D eigenvalue weighted by Crippen LogP contribution is 2.38. The molecule has 0 saturated heterocycles. The van der Waals surface area contributed by atoms with E-state index >= 15 is 0 Å². The van der Waals surface area contributed by atoms with E-state index in [-0.39, 0.29) is 26.1 Å². The molecule has 0 aliphatic rings. The van der Waals surface area contributed by atoms with Crippen LogP contribution in [0.4, 0.5) is 0 Å². The Balaban J connectivity index is 4.41. The van der Waals surface area contributed by atoms with Gasteiger partial charge in [0.2, 0.25) is 0 Å². The monoisotopic (exact) mass is 862 g/mol. The standard InChI is InChI=1S/C50H88NO8P/c1-6-8-10-12-14-16-18-20-22-24-25-27-28-30-32-34-36-38-40-42-49(52)56-46-48(47-58-60(54,55)57-45-44-51(3,4)5)59-50(53)43-41-39-37-35-33-31-29-26-23-21-19-17-15-13-11-9-7-2/h14-17,20-23,29,31,35,37,48H,6-13,18-19,24-28,30,32-34,36,38-47H2,1-5H3/b16-14+,17-15+,22-20+,23-21+,31-29+,37-35+/t48-/m1/s1. The Morgan fingerprint density at radius 1 is 0.517 bits per heavy atom. The van der Waals surface area contributed by atoms with Crippen LogP contribution in [0.25, 0.3) is 0 Å². The van der Waals surface area contributed by atoms with Crippen molar-refractivity contribution in [3.05, 3.63) is 72.9 Å². The van der Waals surface area contributed by atoms with Gasteiger partial charge in [0.1, 0.15) is 19.8 Å². The first-order chi connectivity index (χ1) is 29.0. The number of phosphoric ester groups is 1. The minimum atomic E-state index is -4.65. The van der Waals surface area contributed by atoms with Crippen molar-refractivity contribution in [3.63, 3.8) is 0 Å². The van der Waals surface area contributed by atoms with Crippen molar-refractivity contribution in [1.82, 2.24) is 0 Å². The van der Waals surface area contributed by atoms with Gasteiger partial charge in [-0.3, -0.25) is 14.2 Å². The molecule has 0 aromatic heterocycles. The van der Waals surface area contributed by atoms with Crippen LogP contribution < -0.4 is 4.89 Å². The van der Waals surface area contributed by atoms with E-state index in [1.807, 2.05) is 27.2 Å². The molecule has 0 rings (SSSR count). The number of phosphoric acid groups is 1. The number of carbonyl (C=O) groups is 2. The van der Waals surface area contributed by atoms with E-state index in [4.69, 9.17) is 18.5 Å². The van der Waals surface area contributed by atoms with Gasteiger partial charge in [-0.25, -0.2) is 0 Å². The number of allylic oxidation sites excluding steroid dienone is 12. The van der Waals surface area contributed by atoms with Gasteiger partial charge in [-0.05, 0) is 83.5 Å². The van der Waals surface area contributed by atoms with Crippen molar-refractivity contribution in [2.45, 2.75) is 187 Å². The van der Waals surface area contributed by atoms with Crippen molar-refractivity contribution in [3.8, 4) is 0 Å². The van der Waals surface area contributed by atoms with E-state index in [0.717, 1.165) is 51.4 Å². The first-order valence-electron chi connectivity index (χ1n) is 23.6. The summed E-state index contributed by atoms with van der Waals surface area (Å²) in [6.07, 6.45) is 52.2. The maximum Gasteiger partial charge on any atom is 0.306 e. The lowest BCUT2D eigenvalue weighted by atomic mass is 10.1. The lowest BCUT2D eigenvalue weighted by molar-refractivity contribution is -0.870. The zero-order valence-electron chi connectivity index (χ0n) is 38.9. The highest BCUT2D eigenvalue weighted by atomic mass is 31.2. The van der Waals surface area contributed by atoms with Crippen molar-refractivity contribution < 1.29 is 42.1 Å². The average molecular weight is 862 g/mol. The summed E-state index contributed by atoms with van der Waals surface area (Å²) < 4.78 is 33.9. The molecular weight excluding hydrogens is 774 g/mol. The van der Waals surface area contributed by atoms with Gasteiger partial charge < -0.3 is 27.9 Å². The maximum atomic E-state index is 12.7. The quantitative estimate of drug-likeness (QED) is 0.0196. The van der Waals surface area contributed by atoms with Crippen LogP contribution in [0.1, 0.15) is 181 Å². The number of likely N-dealkylation sites (N-methyl/N-ethyl adjacent to an activating group) is 1. The van der Waals surface area contributed by atoms with Crippen LogP contribution in [0.3, 0.4) is 0 Å². The SMILES string of the molecule is CCCCC/C=C/C/C=C/C/C=C/C/C=C/CCCC(=O)O[C@H](COC(=O)CCCCCCCCCCC/C=C/C/C=C/CCCCC)COP(=O)([O-])OCC[N+](C)(C)C. The van der Waals surface area contributed by atoms with E-state index in [1.165, 1.54) is 83.5 Å². The van der Waals surface area contributed by atoms with Crippen LogP contribution in [0, 0.1) is 0 Å². The Morgan fingerprint density at radius 2 is 0.917 bits per heavy atom. The second kappa shape index (κ2) is 41.8. The third kappa shape index (κ3) is 45.0. The summed E-state index contributed by atoms with van der Waals surface area (Å²) in [6.45, 7) is 4.10. The molecular formula is C50H88NO8P. The second-order valence-electron chi connectivity index (χ2n) is 16.8. The molecule has 60 heavy (non-hydrogen) atoms. The van der Waals surface area contributed by atoms with Crippen LogP contribution >= 0.6 is 7.82 Å². The van der Waals surface area contributed by atoms with Crippen molar-refractivity contribution in [1.29, 1.82) is 0 Å². The van der Waals surface area contributed by atoms with E-state index in [2.05, 4.69) is 80.7 Å². The number of hydrogen-bond acceptors (Lipinski definition) is 8. The van der Waals surface area contributed by atoms with E-state index in [0.29, 0.717) is 30.3 Å². The molecule has 0 spiro atoms. The maximum absolute atomic E-state index is 12.7. The van der Waals surface area contributed by atoms with E-state index in [9.17, 15) is 19.0 Å². The number of carbonyl (C=O) groups excluding carboxylic acids is 2. The molecule has 0 bridgehead atoms. The Morgan fingerprint density at radius 3 is 1.38 bits per heavy atom. The van der Waals surface area contributed by atoms with Gasteiger partial charge in [0.05, 0.1) is 27.7 Å². The summed E-state index contributed by atoms with van der Waals surface area (Å²) in [5, 5.41) is 0. The van der Waals surface area contributed by atoms with Gasteiger partial charge in [0, 0.05) is 12.8 Å². The Labute approximate surface area is 368 Å². The molecule has 0 N–H and O–H groups in total. The molecule has 0 aromatic carbocycles. The van der Waals surface area contributed by atoms with Crippen LogP contribution in [-0.4, -0.2) is 70.0 Å². The minimum absolute atomic E-state index is 0.0449. The number of ether oxygens (including phenoxy) is 2. The lowest BCUT2D eigenvalue weighted by Crippen LogP contribution is -2.37. The summed E-state index contributed by atoms with van der Waals surface area (Å²) in [5.41, 5.74) is 0. The molecule has 0 amide bonds. The van der Waals surface area contributed by atoms with Crippen LogP contribution in [-0.2, 0) is 32.7 Å². The molecule has 0 saturated carbocycles. The summed E-state index contributed by atoms with van der Waals surface area (Å²) in [7, 11) is 1.12. The molecule has 0 aliphatic heterocycles. The first kappa shape index (κ1) is 57.4. The Bertz CT molecular complexity index is 1250. The molecule has 1 unspecified atom stereocenters. The van der Waals surface area contributed by atoms with Gasteiger partial charge in [0.25, 0.3) is 7.82 Å². The Hall–Kier alpha value is -2.55. The van der Waals surface area contributed by atoms with Gasteiger partial charge >= 0.3 is 11.9 Å². The molecule has 0 heterocycles. The van der Waals surface area contributed by atoms with Gasteiger partial charge in [0.15, 0.2) is 6.10 Å². The third-order valence-electron chi connectivity index (χ3n) is 9.70. The summed E-state index contributed by atoms with van der Waals surface area (Å²) in [5.74, 6) is -0.909. The molecule has 346 valence electrons. The summed E-state index contributed by atoms with van der Waals surface area (Å²) in [6, 6.07) is 0. The van der Waals surface area contributed by atoms with Gasteiger partial charge in [-0.2, -0.15) is 0 Å². The van der Waals surface area contributed by atoms with Crippen molar-refractivity contribution >= 4 is 19.8 Å². The number of quaternary nitrogens is 1. The van der Waals surface area contributed by atoms with Gasteiger partial charge in [-0.1, -0.05) is 157 Å². The van der Waals surface area contributed by atoms with Crippen molar-refractivity contribution in [2.75, 3.05) is 47.5 Å². The largest absolute Gasteiger partial charge is 0.756 e. The number of nitrogens with zero attached hydrogens (tertiary/aromatic N) is 1. The number of rotatable bonds is 42. The first-order valence-corrected chi connectivity index (χ1v) is 25.1. The van der Waals surface area contributed by atoms with Crippen LogP contribution in [0.2, 0.25) is 0 Å². The summed E-state index contributed by atoms with van der Waals surface area (Å²) >= 11 is 0. The molecule has 0 fully saturated rings. The number of esters is 2. The molecule has 0 radical (unpaired) electrons. The Kier molecular flexibility index (Phi) is 40.0. The number of unbranched alkanes of at least 4 members (excludes halogenated alkanes) is 16. The molecule has 0 aliphatic carbocycles.